The van der Waals surface area contributed by atoms with Crippen molar-refractivity contribution in [3.8, 4) is 5.75 Å². The normalized spacial score (nSPS) is 11.3. The van der Waals surface area contributed by atoms with Crippen molar-refractivity contribution in [1.82, 2.24) is 4.57 Å². The molecule has 0 aliphatic heterocycles. The first-order valence-corrected chi connectivity index (χ1v) is 8.17. The van der Waals surface area contributed by atoms with Gasteiger partial charge in [0.2, 0.25) is 0 Å². The summed E-state index contributed by atoms with van der Waals surface area (Å²) < 4.78 is 9.28. The van der Waals surface area contributed by atoms with E-state index in [2.05, 4.69) is 64.8 Å². The molecule has 0 atom stereocenters. The van der Waals surface area contributed by atoms with Gasteiger partial charge in [-0.15, -0.1) is 0 Å². The van der Waals surface area contributed by atoms with Gasteiger partial charge in [-0.1, -0.05) is 44.2 Å². The van der Waals surface area contributed by atoms with E-state index >= 15 is 0 Å². The number of rotatable bonds is 5. The van der Waals surface area contributed by atoms with Gasteiger partial charge >= 0.3 is 0 Å². The first kappa shape index (κ1) is 15.2. The number of benzene rings is 2. The molecule has 0 bridgehead atoms. The summed E-state index contributed by atoms with van der Waals surface area (Å²) in [7, 11) is 0. The molecule has 3 heteroatoms. The molecule has 0 unspecified atom stereocenters. The Morgan fingerprint density at radius 3 is 2.59 bits per heavy atom. The highest BCUT2D eigenvalue weighted by Gasteiger charge is 2.09. The minimum atomic E-state index is 0.590. The lowest BCUT2D eigenvalue weighted by Gasteiger charge is -2.09. The van der Waals surface area contributed by atoms with E-state index in [-0.39, 0.29) is 0 Å². The van der Waals surface area contributed by atoms with Crippen molar-refractivity contribution < 1.29 is 4.74 Å². The van der Waals surface area contributed by atoms with Crippen LogP contribution in [0.15, 0.2) is 59.2 Å². The second-order valence-corrected chi connectivity index (χ2v) is 6.62. The molecule has 1 aromatic heterocycles. The van der Waals surface area contributed by atoms with Gasteiger partial charge < -0.3 is 9.30 Å². The molecule has 3 rings (SSSR count). The van der Waals surface area contributed by atoms with Gasteiger partial charge in [-0.2, -0.15) is 0 Å². The molecule has 1 heterocycles. The highest BCUT2D eigenvalue weighted by molar-refractivity contribution is 9.10. The minimum Gasteiger partial charge on any atom is -0.489 e. The Hall–Kier alpha value is -1.74. The predicted octanol–water partition coefficient (Wildman–Crippen LogP) is 5.60. The van der Waals surface area contributed by atoms with Crippen LogP contribution in [0.5, 0.6) is 5.75 Å². The van der Waals surface area contributed by atoms with Gasteiger partial charge in [0.05, 0.1) is 0 Å². The largest absolute Gasteiger partial charge is 0.489 e. The zero-order valence-corrected chi connectivity index (χ0v) is 14.4. The minimum absolute atomic E-state index is 0.590. The first-order chi connectivity index (χ1) is 10.6. The molecule has 1 radical (unpaired) electrons. The Balaban J connectivity index is 1.82. The smallest absolute Gasteiger partial charge is 0.120 e. The summed E-state index contributed by atoms with van der Waals surface area (Å²) in [6.45, 7) is 5.83. The number of hydrogen-bond donors (Lipinski definition) is 0. The van der Waals surface area contributed by atoms with Gasteiger partial charge in [0.15, 0.2) is 0 Å². The fraction of sp³-hybridized carbons (Fsp3) is 0.211. The Morgan fingerprint density at radius 1 is 1.09 bits per heavy atom. The van der Waals surface area contributed by atoms with Crippen molar-refractivity contribution in [1.29, 1.82) is 0 Å². The van der Waals surface area contributed by atoms with Gasteiger partial charge in [-0.05, 0) is 45.6 Å². The van der Waals surface area contributed by atoms with Crippen LogP contribution in [0.1, 0.15) is 19.4 Å². The van der Waals surface area contributed by atoms with Gasteiger partial charge in [0.25, 0.3) is 0 Å². The van der Waals surface area contributed by atoms with Crippen LogP contribution in [0.2, 0.25) is 0 Å². The zero-order valence-electron chi connectivity index (χ0n) is 12.8. The Morgan fingerprint density at radius 2 is 1.86 bits per heavy atom. The maximum atomic E-state index is 5.91. The summed E-state index contributed by atoms with van der Waals surface area (Å²) in [5.41, 5.74) is 2.40. The van der Waals surface area contributed by atoms with E-state index in [1.807, 2.05) is 24.3 Å². The van der Waals surface area contributed by atoms with Crippen molar-refractivity contribution in [2.24, 2.45) is 0 Å². The molecule has 0 fully saturated rings. The van der Waals surface area contributed by atoms with Crippen molar-refractivity contribution in [3.05, 3.63) is 70.7 Å². The molecule has 0 spiro atoms. The van der Waals surface area contributed by atoms with Crippen LogP contribution in [-0.4, -0.2) is 4.57 Å². The lowest BCUT2D eigenvalue weighted by molar-refractivity contribution is 0.306. The molecular weight excluding hydrogens is 338 g/mol. The third-order valence-corrected chi connectivity index (χ3v) is 4.17. The predicted molar refractivity (Wildman–Crippen MR) is 95.0 cm³/mol. The number of fused-ring (bicyclic) bond motifs is 1. The maximum Gasteiger partial charge on any atom is 0.120 e. The third kappa shape index (κ3) is 3.36. The average molecular weight is 357 g/mol. The van der Waals surface area contributed by atoms with Gasteiger partial charge in [-0.3, -0.25) is 0 Å². The molecular formula is C19H19BrNO. The van der Waals surface area contributed by atoms with Gasteiger partial charge in [0.1, 0.15) is 12.4 Å². The van der Waals surface area contributed by atoms with Crippen molar-refractivity contribution in [2.75, 3.05) is 0 Å². The Kier molecular flexibility index (Phi) is 4.53. The maximum absolute atomic E-state index is 5.91. The molecule has 3 aromatic rings. The van der Waals surface area contributed by atoms with Crippen LogP contribution in [0, 0.1) is 5.92 Å². The number of nitrogens with zero attached hydrogens (tertiary/aromatic N) is 1. The van der Waals surface area contributed by atoms with Crippen LogP contribution in [0.3, 0.4) is 0 Å². The van der Waals surface area contributed by atoms with Crippen LogP contribution in [-0.2, 0) is 13.2 Å². The number of halogens is 1. The molecule has 2 aromatic carbocycles. The van der Waals surface area contributed by atoms with Crippen LogP contribution in [0.25, 0.3) is 10.9 Å². The van der Waals surface area contributed by atoms with Crippen LogP contribution < -0.4 is 4.74 Å². The molecule has 0 aliphatic rings. The number of aromatic nitrogens is 1. The summed E-state index contributed by atoms with van der Waals surface area (Å²) >= 11 is 3.65. The lowest BCUT2D eigenvalue weighted by atomic mass is 10.2. The standard InChI is InChI=1S/C19H19BrNO/c1-14(2)11-21-12-18(20)17-10-16(8-9-19(17)21)22-13-15-6-4-3-5-7-15/h3-10,12H,11,13H2,1-2H3. The summed E-state index contributed by atoms with van der Waals surface area (Å²) in [5, 5.41) is 1.19. The topological polar surface area (TPSA) is 14.2 Å². The second kappa shape index (κ2) is 6.57. The average Bonchev–Trinajstić information content (AvgIpc) is 2.81. The monoisotopic (exact) mass is 356 g/mol. The summed E-state index contributed by atoms with van der Waals surface area (Å²) in [4.78, 5) is 0. The lowest BCUT2D eigenvalue weighted by Crippen LogP contribution is -2.01. The van der Waals surface area contributed by atoms with E-state index in [0.29, 0.717) is 6.61 Å². The van der Waals surface area contributed by atoms with Gasteiger partial charge in [-0.25, -0.2) is 0 Å². The summed E-state index contributed by atoms with van der Waals surface area (Å²) in [5.74, 6) is 2.28. The molecule has 0 saturated heterocycles. The first-order valence-electron chi connectivity index (χ1n) is 7.37. The van der Waals surface area contributed by atoms with Crippen molar-refractivity contribution >= 4 is 26.8 Å². The fourth-order valence-electron chi connectivity index (χ4n) is 2.53. The molecule has 0 N–H and O–H groups in total. The molecule has 22 heavy (non-hydrogen) atoms. The fourth-order valence-corrected chi connectivity index (χ4v) is 3.10. The SMILES string of the molecule is C[C](C)Cn1cc(Br)c2cc(OCc3ccccc3)ccc21. The van der Waals surface area contributed by atoms with E-state index in [0.717, 1.165) is 16.8 Å². The number of hydrogen-bond acceptors (Lipinski definition) is 1. The highest BCUT2D eigenvalue weighted by atomic mass is 79.9. The van der Waals surface area contributed by atoms with Crippen LogP contribution in [0.4, 0.5) is 0 Å². The molecule has 0 amide bonds. The third-order valence-electron chi connectivity index (χ3n) is 3.54. The van der Waals surface area contributed by atoms with Gasteiger partial charge in [0, 0.05) is 28.1 Å². The van der Waals surface area contributed by atoms with Crippen molar-refractivity contribution in [3.63, 3.8) is 0 Å². The van der Waals surface area contributed by atoms with E-state index in [1.54, 1.807) is 0 Å². The van der Waals surface area contributed by atoms with Crippen molar-refractivity contribution in [2.45, 2.75) is 27.0 Å². The van der Waals surface area contributed by atoms with E-state index in [4.69, 9.17) is 4.74 Å². The summed E-state index contributed by atoms with van der Waals surface area (Å²) in [6, 6.07) is 16.5. The van der Waals surface area contributed by atoms with E-state index in [9.17, 15) is 0 Å². The highest BCUT2D eigenvalue weighted by Crippen LogP contribution is 2.30. The second-order valence-electron chi connectivity index (χ2n) is 5.77. The quantitative estimate of drug-likeness (QED) is 0.580. The Labute approximate surface area is 139 Å². The molecule has 113 valence electrons. The van der Waals surface area contributed by atoms with E-state index < -0.39 is 0 Å². The molecule has 0 saturated carbocycles. The van der Waals surface area contributed by atoms with E-state index in [1.165, 1.54) is 22.4 Å². The molecule has 2 nitrogen and oxygen atoms in total. The Bertz CT molecular complexity index is 762. The van der Waals surface area contributed by atoms with Crippen LogP contribution >= 0.6 is 15.9 Å². The zero-order chi connectivity index (χ0) is 15.5. The number of ether oxygens (including phenoxy) is 1. The summed E-state index contributed by atoms with van der Waals surface area (Å²) in [6.07, 6.45) is 2.14. The molecule has 0 aliphatic carbocycles.